The number of aliphatic hydroxyl groups is 1. The molecule has 12 atom stereocenters. The topological polar surface area (TPSA) is 69.6 Å². The van der Waals surface area contributed by atoms with Crippen molar-refractivity contribution in [3.63, 3.8) is 0 Å². The van der Waals surface area contributed by atoms with E-state index in [4.69, 9.17) is 23.7 Å². The van der Waals surface area contributed by atoms with Crippen molar-refractivity contribution in [2.75, 3.05) is 33.4 Å². The van der Waals surface area contributed by atoms with Crippen LogP contribution in [0.1, 0.15) is 142 Å². The molecule has 9 aliphatic rings. The number of benzene rings is 2. The minimum absolute atomic E-state index is 0.135. The van der Waals surface area contributed by atoms with Crippen LogP contribution in [0.4, 0.5) is 0 Å². The van der Waals surface area contributed by atoms with E-state index >= 15 is 0 Å². The maximum atomic E-state index is 12.6. The van der Waals surface area contributed by atoms with Gasteiger partial charge in [-0.05, 0) is 148 Å². The summed E-state index contributed by atoms with van der Waals surface area (Å²) in [6, 6.07) is 9.40. The number of nitrogens with zero attached hydrogens (tertiary/aromatic N) is 1. The molecule has 2 aromatic carbocycles. The molecule has 6 aliphatic carbocycles. The molecule has 1 N–H and O–H groups in total. The van der Waals surface area contributed by atoms with Gasteiger partial charge in [0.05, 0.1) is 19.3 Å². The zero-order valence-electron chi connectivity index (χ0n) is 37.4. The van der Waals surface area contributed by atoms with E-state index < -0.39 is 5.60 Å². The molecule has 7 nitrogen and oxygen atoms in total. The summed E-state index contributed by atoms with van der Waals surface area (Å²) >= 11 is 0. The minimum Gasteiger partial charge on any atom is -0.493 e. The van der Waals surface area contributed by atoms with Gasteiger partial charge in [0.1, 0.15) is 24.9 Å². The fourth-order valence-corrected chi connectivity index (χ4v) is 14.3. The van der Waals surface area contributed by atoms with Crippen LogP contribution in [-0.2, 0) is 23.0 Å². The second kappa shape index (κ2) is 13.5. The quantitative estimate of drug-likeness (QED) is 0.254. The van der Waals surface area contributed by atoms with Gasteiger partial charge < -0.3 is 33.7 Å². The van der Waals surface area contributed by atoms with Crippen LogP contribution >= 0.6 is 0 Å². The maximum absolute atomic E-state index is 12.6. The zero-order chi connectivity index (χ0) is 40.7. The Kier molecular flexibility index (Phi) is 9.23. The van der Waals surface area contributed by atoms with Crippen LogP contribution in [0.3, 0.4) is 0 Å². The number of methoxy groups -OCH3 is 1. The average Bonchev–Trinajstić information content (AvgIpc) is 3.78. The van der Waals surface area contributed by atoms with Crippen LogP contribution in [-0.4, -0.2) is 73.4 Å². The Bertz CT molecular complexity index is 1920. The first-order chi connectivity index (χ1) is 27.5. The summed E-state index contributed by atoms with van der Waals surface area (Å²) in [5.41, 5.74) is 4.69. The second-order valence-electron chi connectivity index (χ2n) is 23.0. The fourth-order valence-electron chi connectivity index (χ4n) is 14.3. The van der Waals surface area contributed by atoms with Gasteiger partial charge in [-0.25, -0.2) is 0 Å². The molecular formula is C51H73NO6. The monoisotopic (exact) mass is 796 g/mol. The predicted octanol–water partition coefficient (Wildman–Crippen LogP) is 9.91. The van der Waals surface area contributed by atoms with Gasteiger partial charge in [0.25, 0.3) is 0 Å². The molecule has 0 saturated heterocycles. The largest absolute Gasteiger partial charge is 0.493 e. The Morgan fingerprint density at radius 2 is 1.62 bits per heavy atom. The molecule has 0 aromatic heterocycles. The lowest BCUT2D eigenvalue weighted by molar-refractivity contribution is -0.199. The third-order valence-electron chi connectivity index (χ3n) is 18.2. The molecule has 2 spiro atoms. The molecule has 11 rings (SSSR count). The molecule has 5 saturated carbocycles. The van der Waals surface area contributed by atoms with E-state index in [1.54, 1.807) is 7.11 Å². The molecule has 3 unspecified atom stereocenters. The standard InChI is InChI=1S/C51H73NO6/c1-29-25-35(49(9,53)48(6,7)8)43(46-51(29)21-22-52(28-31-11-12-31)30(2)26-33-14-15-37(54-10)45(58-46)40(33)51)56-24-23-55-38-16-13-32-17-19-50-20-18-34(36(27-50)47(3,4)5)42-41(50)39(32)44(38)57-42/h13-16,29-31,34-36,41-43,46,53H,11-12,17-28H2,1-10H3/t29?,30-,34-,35-,36?,41?,42+,43+,46+,49-,50+,51-/m0/s1. The van der Waals surface area contributed by atoms with Crippen molar-refractivity contribution in [3.8, 4) is 23.0 Å². The number of hydrogen-bond acceptors (Lipinski definition) is 7. The molecular weight excluding hydrogens is 723 g/mol. The van der Waals surface area contributed by atoms with Gasteiger partial charge in [-0.15, -0.1) is 0 Å². The highest BCUT2D eigenvalue weighted by atomic mass is 16.6. The lowest BCUT2D eigenvalue weighted by Gasteiger charge is -2.61. The molecule has 0 radical (unpaired) electrons. The van der Waals surface area contributed by atoms with Gasteiger partial charge in [-0.1, -0.05) is 60.6 Å². The Labute approximate surface area is 349 Å². The zero-order valence-corrected chi connectivity index (χ0v) is 37.4. The van der Waals surface area contributed by atoms with Crippen molar-refractivity contribution in [1.82, 2.24) is 4.90 Å². The summed E-state index contributed by atoms with van der Waals surface area (Å²) < 4.78 is 34.5. The lowest BCUT2D eigenvalue weighted by Crippen LogP contribution is -2.65. The van der Waals surface area contributed by atoms with Crippen LogP contribution in [0.5, 0.6) is 23.0 Å². The Balaban J connectivity index is 0.952. The van der Waals surface area contributed by atoms with Gasteiger partial charge in [0, 0.05) is 41.0 Å². The number of fused-ring (bicyclic) bond motifs is 2. The highest BCUT2D eigenvalue weighted by molar-refractivity contribution is 5.60. The summed E-state index contributed by atoms with van der Waals surface area (Å²) in [6.07, 6.45) is 11.6. The fraction of sp³-hybridized carbons (Fsp3) is 0.765. The van der Waals surface area contributed by atoms with E-state index in [1.165, 1.54) is 67.3 Å². The number of aryl methyl sites for hydroxylation is 1. The van der Waals surface area contributed by atoms with Gasteiger partial charge >= 0.3 is 0 Å². The summed E-state index contributed by atoms with van der Waals surface area (Å²) in [7, 11) is 1.76. The highest BCUT2D eigenvalue weighted by Gasteiger charge is 2.67. The van der Waals surface area contributed by atoms with Gasteiger partial charge in [-0.2, -0.15) is 0 Å². The molecule has 5 fully saturated rings. The van der Waals surface area contributed by atoms with Crippen LogP contribution in [0.25, 0.3) is 0 Å². The summed E-state index contributed by atoms with van der Waals surface area (Å²) in [6.45, 7) is 23.7. The summed E-state index contributed by atoms with van der Waals surface area (Å²) in [5.74, 6) is 6.35. The summed E-state index contributed by atoms with van der Waals surface area (Å²) in [4.78, 5) is 2.76. The van der Waals surface area contributed by atoms with Crippen LogP contribution in [0.2, 0.25) is 0 Å². The average molecular weight is 796 g/mol. The van der Waals surface area contributed by atoms with Crippen molar-refractivity contribution in [2.24, 2.45) is 45.8 Å². The normalized spacial score (nSPS) is 38.4. The molecule has 2 aromatic rings. The first-order valence-corrected chi connectivity index (χ1v) is 23.4. The van der Waals surface area contributed by atoms with Gasteiger partial charge in [0.2, 0.25) is 0 Å². The molecule has 318 valence electrons. The first-order valence-electron chi connectivity index (χ1n) is 23.4. The van der Waals surface area contributed by atoms with E-state index in [0.29, 0.717) is 42.4 Å². The molecule has 3 aliphatic heterocycles. The van der Waals surface area contributed by atoms with Crippen LogP contribution in [0.15, 0.2) is 24.3 Å². The van der Waals surface area contributed by atoms with E-state index in [2.05, 4.69) is 84.6 Å². The van der Waals surface area contributed by atoms with Gasteiger partial charge in [-0.3, -0.25) is 0 Å². The van der Waals surface area contributed by atoms with Crippen molar-refractivity contribution in [3.05, 3.63) is 46.5 Å². The molecule has 0 amide bonds. The maximum Gasteiger partial charge on any atom is 0.165 e. The van der Waals surface area contributed by atoms with Gasteiger partial charge in [0.15, 0.2) is 23.0 Å². The smallest absolute Gasteiger partial charge is 0.165 e. The Morgan fingerprint density at radius 3 is 2.34 bits per heavy atom. The number of ether oxygens (including phenoxy) is 5. The molecule has 7 heteroatoms. The van der Waals surface area contributed by atoms with Crippen molar-refractivity contribution < 1.29 is 28.8 Å². The van der Waals surface area contributed by atoms with E-state index in [9.17, 15) is 5.11 Å². The Morgan fingerprint density at radius 1 is 0.862 bits per heavy atom. The summed E-state index contributed by atoms with van der Waals surface area (Å²) in [5, 5.41) is 12.6. The third-order valence-corrected chi connectivity index (χ3v) is 18.2. The van der Waals surface area contributed by atoms with E-state index in [-0.39, 0.29) is 46.4 Å². The third kappa shape index (κ3) is 5.80. The van der Waals surface area contributed by atoms with E-state index in [0.717, 1.165) is 61.1 Å². The van der Waals surface area contributed by atoms with E-state index in [1.807, 2.05) is 6.92 Å². The molecule has 2 bridgehead atoms. The highest BCUT2D eigenvalue weighted by Crippen LogP contribution is 2.71. The molecule has 58 heavy (non-hydrogen) atoms. The lowest BCUT2D eigenvalue weighted by atomic mass is 9.43. The molecule has 3 heterocycles. The van der Waals surface area contributed by atoms with Crippen LogP contribution < -0.4 is 18.9 Å². The van der Waals surface area contributed by atoms with Crippen molar-refractivity contribution in [2.45, 2.75) is 168 Å². The number of rotatable bonds is 9. The SMILES string of the molecule is COc1ccc2c3c1O[C@@H]1[C@H](OCCOc4ccc5c6c4O[C@H]4C6[C@]6(CC5)CC[C@H]4C(C(C)(C)C)C6)[C@@H]([C@](C)(O)C(C)(C)C)CC(C)[C@@]31CCN(CC1CC1)[C@@H](C)C2. The van der Waals surface area contributed by atoms with Crippen LogP contribution in [0, 0.1) is 45.8 Å². The number of hydrogen-bond donors (Lipinski definition) is 1. The second-order valence-corrected chi connectivity index (χ2v) is 23.0. The first kappa shape index (κ1) is 39.6. The Hall–Kier alpha value is -2.48. The predicted molar refractivity (Wildman–Crippen MR) is 228 cm³/mol. The van der Waals surface area contributed by atoms with Crippen molar-refractivity contribution in [1.29, 1.82) is 0 Å². The van der Waals surface area contributed by atoms with Crippen molar-refractivity contribution >= 4 is 0 Å². The minimum atomic E-state index is -0.998.